The molecule has 2 aromatic carbocycles. The molecule has 2 amide bonds. The molecule has 4 heteroatoms. The van der Waals surface area contributed by atoms with Gasteiger partial charge in [0, 0.05) is 11.1 Å². The maximum Gasteiger partial charge on any atom is 0.272 e. The summed E-state index contributed by atoms with van der Waals surface area (Å²) in [5, 5.41) is 1.42. The summed E-state index contributed by atoms with van der Waals surface area (Å²) in [6.45, 7) is 13.5. The number of rotatable bonds is 2. The quantitative estimate of drug-likeness (QED) is 0.809. The Balaban J connectivity index is 2.38. The number of hydrogen-bond donors (Lipinski definition) is 1. The Labute approximate surface area is 156 Å². The molecule has 138 valence electrons. The molecule has 2 rings (SSSR count). The maximum atomic E-state index is 13.1. The van der Waals surface area contributed by atoms with Crippen molar-refractivity contribution in [3.05, 3.63) is 69.8 Å². The molecule has 0 bridgehead atoms. The first-order chi connectivity index (χ1) is 12.0. The summed E-state index contributed by atoms with van der Waals surface area (Å²) in [4.78, 5) is 26.0. The highest BCUT2D eigenvalue weighted by Gasteiger charge is 2.30. The second kappa shape index (κ2) is 7.32. The zero-order valence-electron chi connectivity index (χ0n) is 16.7. The Morgan fingerprint density at radius 3 is 1.92 bits per heavy atom. The summed E-state index contributed by atoms with van der Waals surface area (Å²) in [5.41, 5.74) is 7.37. The van der Waals surface area contributed by atoms with Crippen molar-refractivity contribution in [3.63, 3.8) is 0 Å². The van der Waals surface area contributed by atoms with Crippen molar-refractivity contribution < 1.29 is 9.59 Å². The first-order valence-electron chi connectivity index (χ1n) is 8.81. The van der Waals surface area contributed by atoms with E-state index in [-0.39, 0.29) is 11.8 Å². The van der Waals surface area contributed by atoms with Gasteiger partial charge in [0.25, 0.3) is 11.8 Å². The lowest BCUT2D eigenvalue weighted by atomic mass is 10.0. The Hall–Kier alpha value is -2.62. The van der Waals surface area contributed by atoms with E-state index in [0.717, 1.165) is 22.3 Å². The van der Waals surface area contributed by atoms with Gasteiger partial charge in [0.15, 0.2) is 0 Å². The molecule has 4 nitrogen and oxygen atoms in total. The van der Waals surface area contributed by atoms with Crippen LogP contribution in [-0.2, 0) is 0 Å². The van der Waals surface area contributed by atoms with E-state index in [0.29, 0.717) is 11.1 Å². The van der Waals surface area contributed by atoms with Crippen molar-refractivity contribution in [2.24, 2.45) is 0 Å². The SMILES string of the molecule is Cc1ccc(C(=O)N(NC(=O)c2c(C)cccc2C)C(C)(C)C)cc1C. The number of nitrogens with one attached hydrogen (secondary N) is 1. The lowest BCUT2D eigenvalue weighted by Gasteiger charge is -2.36. The molecule has 0 aliphatic carbocycles. The monoisotopic (exact) mass is 352 g/mol. The summed E-state index contributed by atoms with van der Waals surface area (Å²) in [5.74, 6) is -0.493. The van der Waals surface area contributed by atoms with Crippen LogP contribution in [0.5, 0.6) is 0 Å². The van der Waals surface area contributed by atoms with Crippen LogP contribution in [-0.4, -0.2) is 22.4 Å². The van der Waals surface area contributed by atoms with Crippen LogP contribution in [0.2, 0.25) is 0 Å². The number of benzene rings is 2. The third-order valence-electron chi connectivity index (χ3n) is 4.55. The van der Waals surface area contributed by atoms with Gasteiger partial charge in [-0.3, -0.25) is 15.0 Å². The van der Waals surface area contributed by atoms with Crippen LogP contribution < -0.4 is 5.43 Å². The number of carbonyl (C=O) groups excluding carboxylic acids is 2. The van der Waals surface area contributed by atoms with Crippen molar-refractivity contribution in [3.8, 4) is 0 Å². The fourth-order valence-electron chi connectivity index (χ4n) is 2.86. The van der Waals surface area contributed by atoms with Crippen LogP contribution in [0.1, 0.15) is 63.7 Å². The van der Waals surface area contributed by atoms with E-state index in [1.54, 1.807) is 6.07 Å². The summed E-state index contributed by atoms with van der Waals surface area (Å²) >= 11 is 0. The highest BCUT2D eigenvalue weighted by Crippen LogP contribution is 2.19. The van der Waals surface area contributed by atoms with E-state index >= 15 is 0 Å². The average molecular weight is 352 g/mol. The van der Waals surface area contributed by atoms with Crippen molar-refractivity contribution in [2.45, 2.75) is 54.0 Å². The first kappa shape index (κ1) is 19.7. The van der Waals surface area contributed by atoms with Crippen LogP contribution in [0.25, 0.3) is 0 Å². The second-order valence-electron chi connectivity index (χ2n) is 7.82. The molecule has 0 aliphatic rings. The van der Waals surface area contributed by atoms with Crippen molar-refractivity contribution >= 4 is 11.8 Å². The summed E-state index contributed by atoms with van der Waals surface area (Å²) in [6.07, 6.45) is 0. The fourth-order valence-corrected chi connectivity index (χ4v) is 2.86. The molecular weight excluding hydrogens is 324 g/mol. The highest BCUT2D eigenvalue weighted by atomic mass is 16.2. The lowest BCUT2D eigenvalue weighted by molar-refractivity contribution is 0.0358. The van der Waals surface area contributed by atoms with Gasteiger partial charge >= 0.3 is 0 Å². The number of nitrogens with zero attached hydrogens (tertiary/aromatic N) is 1. The zero-order chi connectivity index (χ0) is 19.6. The minimum Gasteiger partial charge on any atom is -0.267 e. The Morgan fingerprint density at radius 1 is 0.846 bits per heavy atom. The van der Waals surface area contributed by atoms with Gasteiger partial charge in [-0.1, -0.05) is 24.3 Å². The summed E-state index contributed by atoms with van der Waals surface area (Å²) < 4.78 is 0. The molecule has 2 aromatic rings. The van der Waals surface area contributed by atoms with Gasteiger partial charge in [0.05, 0.1) is 5.54 Å². The average Bonchev–Trinajstić information content (AvgIpc) is 2.53. The van der Waals surface area contributed by atoms with E-state index in [9.17, 15) is 9.59 Å². The number of aryl methyl sites for hydroxylation is 4. The molecule has 0 fully saturated rings. The van der Waals surface area contributed by atoms with Crippen molar-refractivity contribution in [1.82, 2.24) is 10.4 Å². The van der Waals surface area contributed by atoms with Crippen LogP contribution in [0.4, 0.5) is 0 Å². The zero-order valence-corrected chi connectivity index (χ0v) is 16.7. The van der Waals surface area contributed by atoms with Crippen LogP contribution in [0.3, 0.4) is 0 Å². The first-order valence-corrected chi connectivity index (χ1v) is 8.81. The normalized spacial score (nSPS) is 11.2. The summed E-state index contributed by atoms with van der Waals surface area (Å²) in [6, 6.07) is 11.3. The Kier molecular flexibility index (Phi) is 5.55. The van der Waals surface area contributed by atoms with E-state index in [4.69, 9.17) is 0 Å². The molecule has 0 unspecified atom stereocenters. The topological polar surface area (TPSA) is 49.4 Å². The van der Waals surface area contributed by atoms with Gasteiger partial charge in [0.1, 0.15) is 0 Å². The van der Waals surface area contributed by atoms with E-state index in [1.165, 1.54) is 5.01 Å². The smallest absolute Gasteiger partial charge is 0.267 e. The molecule has 1 N–H and O–H groups in total. The Morgan fingerprint density at radius 2 is 1.42 bits per heavy atom. The molecule has 26 heavy (non-hydrogen) atoms. The van der Waals surface area contributed by atoms with Gasteiger partial charge in [0.2, 0.25) is 0 Å². The maximum absolute atomic E-state index is 13.1. The van der Waals surface area contributed by atoms with Crippen LogP contribution >= 0.6 is 0 Å². The highest BCUT2D eigenvalue weighted by molar-refractivity contribution is 6.01. The third kappa shape index (κ3) is 4.13. The fraction of sp³-hybridized carbons (Fsp3) is 0.364. The molecular formula is C22H28N2O2. The second-order valence-corrected chi connectivity index (χ2v) is 7.82. The molecule has 0 aliphatic heterocycles. The van der Waals surface area contributed by atoms with Crippen molar-refractivity contribution in [1.29, 1.82) is 0 Å². The molecule has 0 saturated carbocycles. The predicted octanol–water partition coefficient (Wildman–Crippen LogP) is 4.51. The lowest BCUT2D eigenvalue weighted by Crippen LogP contribution is -2.56. The number of amides is 2. The molecule has 0 atom stereocenters. The van der Waals surface area contributed by atoms with Crippen molar-refractivity contribution in [2.75, 3.05) is 0 Å². The predicted molar refractivity (Wildman–Crippen MR) is 105 cm³/mol. The number of carbonyl (C=O) groups is 2. The van der Waals surface area contributed by atoms with Gasteiger partial charge in [-0.15, -0.1) is 0 Å². The standard InChI is InChI=1S/C22H28N2O2/c1-14-11-12-18(13-17(14)4)21(26)24(22(5,6)7)23-20(25)19-15(2)9-8-10-16(19)3/h8-13H,1-7H3,(H,23,25). The number of hydrogen-bond acceptors (Lipinski definition) is 2. The minimum atomic E-state index is -0.567. The van der Waals surface area contributed by atoms with E-state index in [1.807, 2.05) is 78.8 Å². The van der Waals surface area contributed by atoms with Gasteiger partial charge in [-0.25, -0.2) is 5.01 Å². The van der Waals surface area contributed by atoms with Crippen LogP contribution in [0, 0.1) is 27.7 Å². The van der Waals surface area contributed by atoms with Gasteiger partial charge in [-0.05, 0) is 82.9 Å². The molecule has 0 aromatic heterocycles. The minimum absolute atomic E-state index is 0.222. The Bertz CT molecular complexity index is 827. The molecule has 0 radical (unpaired) electrons. The van der Waals surface area contributed by atoms with Crippen LogP contribution in [0.15, 0.2) is 36.4 Å². The molecule has 0 spiro atoms. The van der Waals surface area contributed by atoms with E-state index in [2.05, 4.69) is 5.43 Å². The van der Waals surface area contributed by atoms with Gasteiger partial charge in [-0.2, -0.15) is 0 Å². The number of hydrazine groups is 1. The largest absolute Gasteiger partial charge is 0.272 e. The third-order valence-corrected chi connectivity index (χ3v) is 4.55. The van der Waals surface area contributed by atoms with E-state index < -0.39 is 5.54 Å². The van der Waals surface area contributed by atoms with Gasteiger partial charge < -0.3 is 0 Å². The molecule has 0 heterocycles. The summed E-state index contributed by atoms with van der Waals surface area (Å²) in [7, 11) is 0. The molecule has 0 saturated heterocycles.